The lowest BCUT2D eigenvalue weighted by molar-refractivity contribution is -0.0574. The predicted octanol–water partition coefficient (Wildman–Crippen LogP) is 26.0. The van der Waals surface area contributed by atoms with Crippen molar-refractivity contribution in [3.8, 4) is 34.2 Å². The summed E-state index contributed by atoms with van der Waals surface area (Å²) in [6.45, 7) is 44.5. The Kier molecular flexibility index (Phi) is 61.4. The van der Waals surface area contributed by atoms with Gasteiger partial charge in [-0.25, -0.2) is 29.9 Å². The van der Waals surface area contributed by atoms with Gasteiger partial charge in [0.2, 0.25) is 0 Å². The highest BCUT2D eigenvalue weighted by Gasteiger charge is 2.50. The highest BCUT2D eigenvalue weighted by molar-refractivity contribution is 5.56. The molecule has 0 amide bonds. The van der Waals surface area contributed by atoms with Crippen LogP contribution in [0.1, 0.15) is 305 Å². The van der Waals surface area contributed by atoms with Crippen molar-refractivity contribution in [2.45, 2.75) is 309 Å². The molecule has 4 fully saturated rings. The lowest BCUT2D eigenvalue weighted by atomic mass is 9.49. The quantitative estimate of drug-likeness (QED) is 0.102. The fourth-order valence-corrected chi connectivity index (χ4v) is 10.0. The van der Waals surface area contributed by atoms with E-state index in [1.807, 2.05) is 133 Å². The molecular formula is C80H140N6. The standard InChI is InChI=1S/3C14H16N2.C13H22.4C4H10.3C2H6.3CH4/c3*1-3-12-10-13(4-2)16-14(15-12)11-8-6-5-7-9-11;1-2-3-13-7-10-4-11(8-13)6-12(5-10)9-13;4*1-3-4-2;3*1-2;;;/h3*5-10H,3-4H2,1-2H3;10-12H,2-9H2,1H3;4*3-4H2,1-2H3;3*1-2H3;3*1H4. The highest BCUT2D eigenvalue weighted by Crippen LogP contribution is 2.61. The predicted molar refractivity (Wildman–Crippen MR) is 391 cm³/mol. The summed E-state index contributed by atoms with van der Waals surface area (Å²) in [6.07, 6.45) is 28.9. The van der Waals surface area contributed by atoms with Gasteiger partial charge in [-0.15, -0.1) is 0 Å². The molecule has 0 N–H and O–H groups in total. The van der Waals surface area contributed by atoms with Crippen molar-refractivity contribution in [2.75, 3.05) is 0 Å². The van der Waals surface area contributed by atoms with Gasteiger partial charge in [0.1, 0.15) is 0 Å². The molecular weight excluding hydrogens is 1040 g/mol. The molecule has 490 valence electrons. The van der Waals surface area contributed by atoms with Gasteiger partial charge in [0.15, 0.2) is 17.5 Å². The third kappa shape index (κ3) is 36.9. The number of aryl methyl sites for hydroxylation is 6. The van der Waals surface area contributed by atoms with Crippen molar-refractivity contribution in [1.29, 1.82) is 0 Å². The second-order valence-electron chi connectivity index (χ2n) is 21.4. The Labute approximate surface area is 536 Å². The van der Waals surface area contributed by atoms with Crippen LogP contribution in [0.2, 0.25) is 0 Å². The van der Waals surface area contributed by atoms with Crippen molar-refractivity contribution < 1.29 is 0 Å². The first-order chi connectivity index (χ1) is 40.4. The molecule has 4 saturated carbocycles. The molecule has 4 bridgehead atoms. The second kappa shape index (κ2) is 58.9. The lowest BCUT2D eigenvalue weighted by Crippen LogP contribution is -2.45. The van der Waals surface area contributed by atoms with Gasteiger partial charge in [-0.3, -0.25) is 0 Å². The Hall–Kier alpha value is -5.10. The van der Waals surface area contributed by atoms with Crippen LogP contribution in [0.25, 0.3) is 34.2 Å². The van der Waals surface area contributed by atoms with E-state index < -0.39 is 0 Å². The van der Waals surface area contributed by atoms with Gasteiger partial charge in [-0.05, 0) is 125 Å². The van der Waals surface area contributed by atoms with E-state index in [1.165, 1.54) is 64.2 Å². The van der Waals surface area contributed by atoms with E-state index in [9.17, 15) is 0 Å². The molecule has 6 heteroatoms. The van der Waals surface area contributed by atoms with Crippen LogP contribution in [0.15, 0.2) is 109 Å². The minimum atomic E-state index is 0. The van der Waals surface area contributed by atoms with Gasteiger partial charge < -0.3 is 0 Å². The minimum Gasteiger partial charge on any atom is -0.233 e. The van der Waals surface area contributed by atoms with Crippen molar-refractivity contribution in [1.82, 2.24) is 29.9 Å². The van der Waals surface area contributed by atoms with Crippen LogP contribution < -0.4 is 0 Å². The Morgan fingerprint density at radius 2 is 0.477 bits per heavy atom. The molecule has 3 heterocycles. The molecule has 4 aliphatic rings. The second-order valence-corrected chi connectivity index (χ2v) is 21.4. The van der Waals surface area contributed by atoms with Gasteiger partial charge in [0, 0.05) is 50.9 Å². The van der Waals surface area contributed by atoms with Crippen molar-refractivity contribution in [3.63, 3.8) is 0 Å². The zero-order chi connectivity index (χ0) is 62.7. The van der Waals surface area contributed by atoms with Crippen LogP contribution in [0, 0.1) is 23.2 Å². The minimum absolute atomic E-state index is 0. The smallest absolute Gasteiger partial charge is 0.159 e. The van der Waals surface area contributed by atoms with Crippen LogP contribution in [-0.2, 0) is 38.5 Å². The van der Waals surface area contributed by atoms with Gasteiger partial charge in [0.05, 0.1) is 0 Å². The monoisotopic (exact) mass is 1190 g/mol. The Balaban J connectivity index is -0.000000301. The van der Waals surface area contributed by atoms with Crippen LogP contribution >= 0.6 is 0 Å². The Bertz CT molecular complexity index is 2020. The largest absolute Gasteiger partial charge is 0.233 e. The first-order valence-corrected chi connectivity index (χ1v) is 34.2. The van der Waals surface area contributed by atoms with E-state index in [-0.39, 0.29) is 22.3 Å². The molecule has 3 aromatic heterocycles. The fraction of sp³-hybridized carbons (Fsp3) is 0.625. The Morgan fingerprint density at radius 1 is 0.291 bits per heavy atom. The van der Waals surface area contributed by atoms with E-state index in [1.54, 1.807) is 38.5 Å². The van der Waals surface area contributed by atoms with Gasteiger partial charge >= 0.3 is 0 Å². The molecule has 0 radical (unpaired) electrons. The van der Waals surface area contributed by atoms with Crippen LogP contribution in [0.4, 0.5) is 0 Å². The third-order valence-electron chi connectivity index (χ3n) is 14.7. The molecule has 6 nitrogen and oxygen atoms in total. The topological polar surface area (TPSA) is 77.3 Å². The fourth-order valence-electron chi connectivity index (χ4n) is 10.0. The molecule has 10 rings (SSSR count). The van der Waals surface area contributed by atoms with E-state index >= 15 is 0 Å². The van der Waals surface area contributed by atoms with Crippen LogP contribution in [0.5, 0.6) is 0 Å². The normalized spacial score (nSPS) is 15.4. The SMILES string of the molecule is C.C.C.CC.CC.CC.CCCC.CCCC.CCCC.CCCC.CCCC12CC3CC(CC(C3)C1)C2.CCc1cc(CC)nc(-c2ccccc2)n1.CCc1cc(CC)nc(-c2ccccc2)n1.CCc1cc(CC)nc(-c2ccccc2)n1. The zero-order valence-electron chi connectivity index (χ0n) is 57.9. The lowest BCUT2D eigenvalue weighted by Gasteiger charge is -2.57. The molecule has 6 aromatic rings. The highest BCUT2D eigenvalue weighted by atomic mass is 14.9. The maximum absolute atomic E-state index is 4.56. The molecule has 0 aliphatic heterocycles. The van der Waals surface area contributed by atoms with Gasteiger partial charge in [-0.2, -0.15) is 0 Å². The molecule has 0 saturated heterocycles. The summed E-state index contributed by atoms with van der Waals surface area (Å²) in [6, 6.07) is 36.7. The van der Waals surface area contributed by atoms with Crippen LogP contribution in [0.3, 0.4) is 0 Å². The van der Waals surface area contributed by atoms with Crippen molar-refractivity contribution >= 4 is 0 Å². The average molecular weight is 1190 g/mol. The first kappa shape index (κ1) is 89.7. The summed E-state index contributed by atoms with van der Waals surface area (Å²) in [4.78, 5) is 27.4. The number of nitrogens with zero attached hydrogens (tertiary/aromatic N) is 6. The molecule has 4 aliphatic carbocycles. The zero-order valence-corrected chi connectivity index (χ0v) is 57.9. The summed E-state index contributed by atoms with van der Waals surface area (Å²) in [5.74, 6) is 5.98. The maximum atomic E-state index is 4.56. The summed E-state index contributed by atoms with van der Waals surface area (Å²) < 4.78 is 0. The number of benzene rings is 3. The molecule has 0 atom stereocenters. The number of aromatic nitrogens is 6. The number of unbranched alkanes of at least 4 members (excludes halogenated alkanes) is 4. The van der Waals surface area contributed by atoms with E-state index in [2.05, 4.69) is 152 Å². The molecule has 3 aromatic carbocycles. The van der Waals surface area contributed by atoms with Gasteiger partial charge in [-0.1, -0.05) is 316 Å². The van der Waals surface area contributed by atoms with E-state index in [4.69, 9.17) is 0 Å². The molecule has 86 heavy (non-hydrogen) atoms. The maximum Gasteiger partial charge on any atom is 0.159 e. The average Bonchev–Trinajstić information content (AvgIpc) is 1.56. The number of hydrogen-bond donors (Lipinski definition) is 0. The summed E-state index contributed by atoms with van der Waals surface area (Å²) in [5.41, 5.74) is 10.8. The molecule has 0 unspecified atom stereocenters. The van der Waals surface area contributed by atoms with E-state index in [0.29, 0.717) is 0 Å². The first-order valence-electron chi connectivity index (χ1n) is 34.2. The van der Waals surface area contributed by atoms with Crippen LogP contribution in [-0.4, -0.2) is 29.9 Å². The van der Waals surface area contributed by atoms with Crippen molar-refractivity contribution in [2.24, 2.45) is 23.2 Å². The number of hydrogen-bond acceptors (Lipinski definition) is 6. The third-order valence-corrected chi connectivity index (χ3v) is 14.7. The van der Waals surface area contributed by atoms with Crippen molar-refractivity contribution in [3.05, 3.63) is 143 Å². The van der Waals surface area contributed by atoms with E-state index in [0.717, 1.165) is 130 Å². The van der Waals surface area contributed by atoms with Gasteiger partial charge in [0.25, 0.3) is 0 Å². The summed E-state index contributed by atoms with van der Waals surface area (Å²) in [7, 11) is 0. The summed E-state index contributed by atoms with van der Waals surface area (Å²) in [5, 5.41) is 0. The Morgan fingerprint density at radius 3 is 0.628 bits per heavy atom. The summed E-state index contributed by atoms with van der Waals surface area (Å²) >= 11 is 0. The number of rotatable bonds is 15. The molecule has 0 spiro atoms.